The van der Waals surface area contributed by atoms with E-state index >= 15 is 0 Å². The summed E-state index contributed by atoms with van der Waals surface area (Å²) in [5, 5.41) is 19.1. The lowest BCUT2D eigenvalue weighted by molar-refractivity contribution is 0.0941. The first-order valence-electron chi connectivity index (χ1n) is 10.5. The number of nitrogens with one attached hydrogen (secondary N) is 2. The lowest BCUT2D eigenvalue weighted by atomic mass is 10.3. The number of aryl methyl sites for hydroxylation is 2. The van der Waals surface area contributed by atoms with E-state index in [4.69, 9.17) is 11.6 Å². The van der Waals surface area contributed by atoms with Crippen molar-refractivity contribution in [2.75, 3.05) is 0 Å². The van der Waals surface area contributed by atoms with Crippen LogP contribution in [-0.4, -0.2) is 50.0 Å². The number of carbonyl (C=O) groups is 2. The van der Waals surface area contributed by atoms with Crippen molar-refractivity contribution in [3.63, 3.8) is 0 Å². The summed E-state index contributed by atoms with van der Waals surface area (Å²) in [5.41, 5.74) is 1.73. The van der Waals surface area contributed by atoms with Gasteiger partial charge in [0.2, 0.25) is 0 Å². The molecule has 186 valence electrons. The summed E-state index contributed by atoms with van der Waals surface area (Å²) in [6.45, 7) is 3.07. The third-order valence-electron chi connectivity index (χ3n) is 5.23. The maximum atomic E-state index is 13.2. The van der Waals surface area contributed by atoms with E-state index in [9.17, 15) is 18.0 Å². The molecule has 3 heterocycles. The van der Waals surface area contributed by atoms with Gasteiger partial charge in [-0.1, -0.05) is 11.6 Å². The van der Waals surface area contributed by atoms with Crippen LogP contribution in [0.15, 0.2) is 53.7 Å². The Morgan fingerprint density at radius 2 is 1.75 bits per heavy atom. The van der Waals surface area contributed by atoms with Crippen molar-refractivity contribution in [2.45, 2.75) is 25.3 Å². The summed E-state index contributed by atoms with van der Waals surface area (Å²) in [5.74, 6) is -1.42. The lowest BCUT2D eigenvalue weighted by Gasteiger charge is -2.08. The van der Waals surface area contributed by atoms with Crippen molar-refractivity contribution in [3.8, 4) is 5.69 Å². The number of hydrogen-bond acceptors (Lipinski definition) is 8. The van der Waals surface area contributed by atoms with E-state index in [1.807, 2.05) is 0 Å². The molecule has 0 saturated carbocycles. The molecule has 0 saturated heterocycles. The molecule has 4 aromatic rings. The van der Waals surface area contributed by atoms with Crippen LogP contribution >= 0.6 is 11.6 Å². The van der Waals surface area contributed by atoms with Crippen LogP contribution in [0.2, 0.25) is 5.02 Å². The van der Waals surface area contributed by atoms with Gasteiger partial charge in [-0.15, -0.1) is 5.10 Å². The van der Waals surface area contributed by atoms with Crippen LogP contribution in [-0.2, 0) is 23.6 Å². The Balaban J connectivity index is 1.52. The number of amides is 2. The van der Waals surface area contributed by atoms with Crippen molar-refractivity contribution < 1.29 is 18.0 Å². The second-order valence-electron chi connectivity index (χ2n) is 7.81. The summed E-state index contributed by atoms with van der Waals surface area (Å²) < 4.78 is 31.2. The molecule has 0 spiro atoms. The summed E-state index contributed by atoms with van der Waals surface area (Å²) in [7, 11) is -2.79. The van der Waals surface area contributed by atoms with Crippen LogP contribution in [0.3, 0.4) is 0 Å². The van der Waals surface area contributed by atoms with Crippen LogP contribution in [0.5, 0.6) is 0 Å². The first-order valence-corrected chi connectivity index (χ1v) is 12.4. The molecule has 0 atom stereocenters. The van der Waals surface area contributed by atoms with Crippen molar-refractivity contribution in [1.82, 2.24) is 39.8 Å². The second kappa shape index (κ2) is 9.87. The minimum atomic E-state index is -4.34. The average Bonchev–Trinajstić information content (AvgIpc) is 3.43. The van der Waals surface area contributed by atoms with Gasteiger partial charge in [-0.05, 0) is 50.2 Å². The molecule has 14 heteroatoms. The maximum absolute atomic E-state index is 13.2. The van der Waals surface area contributed by atoms with Gasteiger partial charge < -0.3 is 5.32 Å². The number of aromatic nitrogens is 6. The van der Waals surface area contributed by atoms with E-state index in [-0.39, 0.29) is 34.1 Å². The predicted octanol–water partition coefficient (Wildman–Crippen LogP) is 1.71. The highest BCUT2D eigenvalue weighted by molar-refractivity contribution is 7.90. The van der Waals surface area contributed by atoms with Gasteiger partial charge in [0, 0.05) is 18.3 Å². The molecule has 3 aromatic heterocycles. The molecule has 12 nitrogen and oxygen atoms in total. The van der Waals surface area contributed by atoms with E-state index in [0.717, 1.165) is 0 Å². The zero-order chi connectivity index (χ0) is 26.0. The normalized spacial score (nSPS) is 11.3. The summed E-state index contributed by atoms with van der Waals surface area (Å²) >= 11 is 5.89. The zero-order valence-electron chi connectivity index (χ0n) is 19.4. The largest absolute Gasteiger partial charge is 0.345 e. The van der Waals surface area contributed by atoms with Gasteiger partial charge in [0.15, 0.2) is 5.69 Å². The summed E-state index contributed by atoms with van der Waals surface area (Å²) in [6.07, 6.45) is 2.65. The minimum Gasteiger partial charge on any atom is -0.345 e. The topological polar surface area (TPSA) is 154 Å². The average molecular weight is 529 g/mol. The van der Waals surface area contributed by atoms with E-state index < -0.39 is 21.8 Å². The lowest BCUT2D eigenvalue weighted by Crippen LogP contribution is -2.32. The highest BCUT2D eigenvalue weighted by atomic mass is 35.5. The standard InChI is InChI=1S/C22H21ClN8O4S/c1-13-4-9-18(27-26-13)22(33)24-11-19-20(14(2)30(3)28-19)36(34,35)29-21(32)15-10-25-31(12-15)17-7-5-16(23)6-8-17/h4-10,12H,11H2,1-3H3,(H,24,33)(H,29,32). The van der Waals surface area contributed by atoms with Crippen molar-refractivity contribution in [2.24, 2.45) is 7.05 Å². The second-order valence-corrected chi connectivity index (χ2v) is 9.87. The number of halogens is 1. The van der Waals surface area contributed by atoms with Gasteiger partial charge in [0.25, 0.3) is 21.8 Å². The molecule has 0 fully saturated rings. The van der Waals surface area contributed by atoms with Crippen LogP contribution in [0.4, 0.5) is 0 Å². The Kier molecular flexibility index (Phi) is 6.86. The number of benzene rings is 1. The third kappa shape index (κ3) is 5.26. The minimum absolute atomic E-state index is 0.0304. The van der Waals surface area contributed by atoms with Gasteiger partial charge in [0.05, 0.1) is 35.4 Å². The van der Waals surface area contributed by atoms with Crippen molar-refractivity contribution in [1.29, 1.82) is 0 Å². The third-order valence-corrected chi connectivity index (χ3v) is 7.00. The first kappa shape index (κ1) is 25.0. The quantitative estimate of drug-likeness (QED) is 0.367. The fourth-order valence-electron chi connectivity index (χ4n) is 3.30. The predicted molar refractivity (Wildman–Crippen MR) is 129 cm³/mol. The van der Waals surface area contributed by atoms with E-state index in [0.29, 0.717) is 16.4 Å². The van der Waals surface area contributed by atoms with Gasteiger partial charge >= 0.3 is 0 Å². The molecule has 0 radical (unpaired) electrons. The molecule has 0 bridgehead atoms. The van der Waals surface area contributed by atoms with Crippen molar-refractivity contribution >= 4 is 33.4 Å². The summed E-state index contributed by atoms with van der Waals surface area (Å²) in [4.78, 5) is 25.0. The number of rotatable bonds is 7. The molecule has 0 aliphatic carbocycles. The van der Waals surface area contributed by atoms with E-state index in [1.54, 1.807) is 51.2 Å². The molecular formula is C22H21ClN8O4S. The molecule has 2 amide bonds. The Hall–Kier alpha value is -4.10. The fraction of sp³-hybridized carbons (Fsp3) is 0.182. The first-order chi connectivity index (χ1) is 17.0. The van der Waals surface area contributed by atoms with Crippen LogP contribution in [0, 0.1) is 13.8 Å². The number of sulfonamides is 1. The van der Waals surface area contributed by atoms with Crippen LogP contribution < -0.4 is 10.0 Å². The van der Waals surface area contributed by atoms with Gasteiger partial charge in [-0.3, -0.25) is 14.3 Å². The molecule has 36 heavy (non-hydrogen) atoms. The zero-order valence-corrected chi connectivity index (χ0v) is 21.0. The maximum Gasteiger partial charge on any atom is 0.272 e. The van der Waals surface area contributed by atoms with Gasteiger partial charge in [-0.2, -0.15) is 15.3 Å². The highest BCUT2D eigenvalue weighted by Crippen LogP contribution is 2.20. The summed E-state index contributed by atoms with van der Waals surface area (Å²) in [6, 6.07) is 9.88. The Morgan fingerprint density at radius 1 is 1.03 bits per heavy atom. The molecule has 1 aromatic carbocycles. The Morgan fingerprint density at radius 3 is 2.42 bits per heavy atom. The number of hydrogen-bond donors (Lipinski definition) is 2. The number of carbonyl (C=O) groups excluding carboxylic acids is 2. The van der Waals surface area contributed by atoms with Gasteiger partial charge in [0.1, 0.15) is 10.6 Å². The van der Waals surface area contributed by atoms with Crippen LogP contribution in [0.1, 0.15) is 37.9 Å². The Labute approximate surface area is 211 Å². The number of nitrogens with zero attached hydrogens (tertiary/aromatic N) is 6. The van der Waals surface area contributed by atoms with E-state index in [2.05, 4.69) is 30.4 Å². The fourth-order valence-corrected chi connectivity index (χ4v) is 4.84. The highest BCUT2D eigenvalue weighted by Gasteiger charge is 2.29. The molecule has 0 unspecified atom stereocenters. The van der Waals surface area contributed by atoms with E-state index in [1.165, 1.54) is 27.8 Å². The molecular weight excluding hydrogens is 508 g/mol. The SMILES string of the molecule is Cc1ccc(C(=O)NCc2nn(C)c(C)c2S(=O)(=O)NC(=O)c2cnn(-c3ccc(Cl)cc3)c2)nn1. The smallest absolute Gasteiger partial charge is 0.272 e. The monoisotopic (exact) mass is 528 g/mol. The molecule has 0 aliphatic rings. The van der Waals surface area contributed by atoms with Crippen molar-refractivity contribution in [3.05, 3.63) is 82.2 Å². The molecule has 2 N–H and O–H groups in total. The van der Waals surface area contributed by atoms with Crippen LogP contribution in [0.25, 0.3) is 5.69 Å². The van der Waals surface area contributed by atoms with Gasteiger partial charge in [-0.25, -0.2) is 17.8 Å². The molecule has 0 aliphatic heterocycles. The molecule has 4 rings (SSSR count). The Bertz CT molecular complexity index is 1540.